The predicted molar refractivity (Wildman–Crippen MR) is 99.2 cm³/mol. The van der Waals surface area contributed by atoms with Gasteiger partial charge in [-0.05, 0) is 48.2 Å². The Hall–Kier alpha value is -2.46. The molecule has 1 aliphatic heterocycles. The number of likely N-dealkylation sites (tertiary alicyclic amines) is 1. The van der Waals surface area contributed by atoms with E-state index in [9.17, 15) is 4.79 Å². The van der Waals surface area contributed by atoms with Crippen molar-refractivity contribution >= 4 is 28.4 Å². The zero-order valence-corrected chi connectivity index (χ0v) is 14.5. The molecule has 2 aromatic carbocycles. The number of hydrogen-bond acceptors (Lipinski definition) is 2. The lowest BCUT2D eigenvalue weighted by atomic mass is 10.1. The zero-order chi connectivity index (χ0) is 17.2. The van der Waals surface area contributed by atoms with Crippen LogP contribution in [0.5, 0.6) is 5.75 Å². The van der Waals surface area contributed by atoms with Crippen LogP contribution in [0.1, 0.15) is 18.0 Å². The summed E-state index contributed by atoms with van der Waals surface area (Å²) in [5, 5.41) is 1.87. The third-order valence-corrected chi connectivity index (χ3v) is 4.96. The van der Waals surface area contributed by atoms with Crippen LogP contribution < -0.4 is 4.74 Å². The molecule has 4 rings (SSSR count). The molecule has 1 aliphatic rings. The maximum Gasteiger partial charge on any atom is 0.260 e. The summed E-state index contributed by atoms with van der Waals surface area (Å²) in [7, 11) is 0. The minimum atomic E-state index is 0.0218. The van der Waals surface area contributed by atoms with E-state index in [4.69, 9.17) is 16.3 Å². The van der Waals surface area contributed by atoms with Crippen LogP contribution in [0.4, 0.5) is 0 Å². The minimum absolute atomic E-state index is 0.0218. The Kier molecular flexibility index (Phi) is 4.36. The Labute approximate surface area is 151 Å². The number of aromatic amines is 1. The van der Waals surface area contributed by atoms with E-state index in [1.165, 1.54) is 11.1 Å². The molecule has 1 amide bonds. The van der Waals surface area contributed by atoms with Gasteiger partial charge in [-0.3, -0.25) is 4.79 Å². The molecule has 1 fully saturated rings. The maximum atomic E-state index is 12.4. The van der Waals surface area contributed by atoms with Gasteiger partial charge in [0.2, 0.25) is 0 Å². The molecular formula is C20H19ClN2O2. The predicted octanol–water partition coefficient (Wildman–Crippen LogP) is 4.22. The normalized spacial score (nSPS) is 17.2. The van der Waals surface area contributed by atoms with Gasteiger partial charge in [0.25, 0.3) is 5.91 Å². The molecule has 1 atom stereocenters. The first-order valence-electron chi connectivity index (χ1n) is 8.43. The first-order valence-corrected chi connectivity index (χ1v) is 8.80. The molecule has 2 heterocycles. The van der Waals surface area contributed by atoms with Crippen LogP contribution in [-0.4, -0.2) is 35.5 Å². The SMILES string of the molecule is O=C(COc1ccc(Cl)cc1)N1CCC(c2cc3ccccc3[nH]2)C1. The average molecular weight is 355 g/mol. The number of halogens is 1. The number of carbonyl (C=O) groups is 1. The molecule has 0 saturated carbocycles. The molecule has 1 unspecified atom stereocenters. The monoisotopic (exact) mass is 354 g/mol. The largest absolute Gasteiger partial charge is 0.484 e. The van der Waals surface area contributed by atoms with Crippen molar-refractivity contribution in [2.75, 3.05) is 19.7 Å². The van der Waals surface area contributed by atoms with E-state index in [0.717, 1.165) is 25.0 Å². The summed E-state index contributed by atoms with van der Waals surface area (Å²) >= 11 is 5.85. The topological polar surface area (TPSA) is 45.3 Å². The number of carbonyl (C=O) groups excluding carboxylic acids is 1. The number of benzene rings is 2. The van der Waals surface area contributed by atoms with Gasteiger partial charge in [-0.25, -0.2) is 0 Å². The molecule has 4 nitrogen and oxygen atoms in total. The fourth-order valence-corrected chi connectivity index (χ4v) is 3.45. The number of para-hydroxylation sites is 1. The molecule has 1 aromatic heterocycles. The molecule has 0 radical (unpaired) electrons. The summed E-state index contributed by atoms with van der Waals surface area (Å²) in [4.78, 5) is 17.8. The van der Waals surface area contributed by atoms with Crippen molar-refractivity contribution in [2.45, 2.75) is 12.3 Å². The number of hydrogen-bond donors (Lipinski definition) is 1. The lowest BCUT2D eigenvalue weighted by molar-refractivity contribution is -0.132. The van der Waals surface area contributed by atoms with Gasteiger partial charge >= 0.3 is 0 Å². The van der Waals surface area contributed by atoms with Crippen LogP contribution in [0, 0.1) is 0 Å². The number of H-pyrrole nitrogens is 1. The summed E-state index contributed by atoms with van der Waals surface area (Å²) in [6.45, 7) is 1.56. The molecule has 0 spiro atoms. The number of ether oxygens (including phenoxy) is 1. The van der Waals surface area contributed by atoms with Gasteiger partial charge in [0.05, 0.1) is 0 Å². The number of aromatic nitrogens is 1. The quantitative estimate of drug-likeness (QED) is 0.762. The van der Waals surface area contributed by atoms with Gasteiger partial charge in [0.1, 0.15) is 5.75 Å². The highest BCUT2D eigenvalue weighted by Gasteiger charge is 2.28. The van der Waals surface area contributed by atoms with Crippen LogP contribution in [0.25, 0.3) is 10.9 Å². The maximum absolute atomic E-state index is 12.4. The Balaban J connectivity index is 1.36. The second-order valence-electron chi connectivity index (χ2n) is 6.38. The van der Waals surface area contributed by atoms with Gasteiger partial charge < -0.3 is 14.6 Å². The molecule has 1 N–H and O–H groups in total. The second kappa shape index (κ2) is 6.81. The fraction of sp³-hybridized carbons (Fsp3) is 0.250. The van der Waals surface area contributed by atoms with Crippen molar-refractivity contribution in [3.8, 4) is 5.75 Å². The van der Waals surface area contributed by atoms with E-state index in [2.05, 4.69) is 23.2 Å². The van der Waals surface area contributed by atoms with Gasteiger partial charge in [-0.15, -0.1) is 0 Å². The van der Waals surface area contributed by atoms with Gasteiger partial charge in [-0.2, -0.15) is 0 Å². The van der Waals surface area contributed by atoms with E-state index in [1.807, 2.05) is 17.0 Å². The van der Waals surface area contributed by atoms with E-state index in [0.29, 0.717) is 16.7 Å². The third kappa shape index (κ3) is 3.49. The number of amides is 1. The lowest BCUT2D eigenvalue weighted by Crippen LogP contribution is -2.32. The highest BCUT2D eigenvalue weighted by Crippen LogP contribution is 2.29. The fourth-order valence-electron chi connectivity index (χ4n) is 3.32. The molecule has 25 heavy (non-hydrogen) atoms. The number of nitrogens with one attached hydrogen (secondary N) is 1. The lowest BCUT2D eigenvalue weighted by Gasteiger charge is -2.16. The first kappa shape index (κ1) is 16.0. The Morgan fingerprint density at radius 2 is 2.00 bits per heavy atom. The van der Waals surface area contributed by atoms with Gasteiger partial charge in [0.15, 0.2) is 6.61 Å². The van der Waals surface area contributed by atoms with Crippen LogP contribution in [-0.2, 0) is 4.79 Å². The smallest absolute Gasteiger partial charge is 0.260 e. The molecule has 1 saturated heterocycles. The summed E-state index contributed by atoms with van der Waals surface area (Å²) < 4.78 is 5.57. The summed E-state index contributed by atoms with van der Waals surface area (Å²) in [6, 6.07) is 17.5. The summed E-state index contributed by atoms with van der Waals surface area (Å²) in [6.07, 6.45) is 0.972. The van der Waals surface area contributed by atoms with Gasteiger partial charge in [0, 0.05) is 35.2 Å². The Morgan fingerprint density at radius 1 is 1.20 bits per heavy atom. The van der Waals surface area contributed by atoms with Crippen molar-refractivity contribution < 1.29 is 9.53 Å². The number of fused-ring (bicyclic) bond motifs is 1. The molecular weight excluding hydrogens is 336 g/mol. The highest BCUT2D eigenvalue weighted by atomic mass is 35.5. The van der Waals surface area contributed by atoms with Crippen LogP contribution in [0.2, 0.25) is 5.02 Å². The third-order valence-electron chi connectivity index (χ3n) is 4.71. The van der Waals surface area contributed by atoms with Crippen molar-refractivity contribution in [1.82, 2.24) is 9.88 Å². The summed E-state index contributed by atoms with van der Waals surface area (Å²) in [5.74, 6) is 1.03. The van der Waals surface area contributed by atoms with Crippen molar-refractivity contribution in [3.05, 3.63) is 65.3 Å². The first-order chi connectivity index (χ1) is 12.2. The van der Waals surface area contributed by atoms with Crippen LogP contribution >= 0.6 is 11.6 Å². The van der Waals surface area contributed by atoms with Crippen molar-refractivity contribution in [3.63, 3.8) is 0 Å². The molecule has 0 bridgehead atoms. The van der Waals surface area contributed by atoms with Crippen LogP contribution in [0.3, 0.4) is 0 Å². The van der Waals surface area contributed by atoms with E-state index >= 15 is 0 Å². The van der Waals surface area contributed by atoms with Gasteiger partial charge in [-0.1, -0.05) is 29.8 Å². The molecule has 128 valence electrons. The second-order valence-corrected chi connectivity index (χ2v) is 6.82. The molecule has 5 heteroatoms. The van der Waals surface area contributed by atoms with E-state index in [1.54, 1.807) is 24.3 Å². The van der Waals surface area contributed by atoms with E-state index < -0.39 is 0 Å². The summed E-state index contributed by atoms with van der Waals surface area (Å²) in [5.41, 5.74) is 2.35. The minimum Gasteiger partial charge on any atom is -0.484 e. The standard InChI is InChI=1S/C20H19ClN2O2/c21-16-5-7-17(8-6-16)25-13-20(24)23-10-9-15(12-23)19-11-14-3-1-2-4-18(14)22-19/h1-8,11,15,22H,9-10,12-13H2. The zero-order valence-electron chi connectivity index (χ0n) is 13.7. The van der Waals surface area contributed by atoms with Crippen molar-refractivity contribution in [2.24, 2.45) is 0 Å². The Morgan fingerprint density at radius 3 is 2.80 bits per heavy atom. The van der Waals surface area contributed by atoms with Crippen LogP contribution in [0.15, 0.2) is 54.6 Å². The molecule has 0 aliphatic carbocycles. The number of nitrogens with zero attached hydrogens (tertiary/aromatic N) is 1. The van der Waals surface area contributed by atoms with E-state index in [-0.39, 0.29) is 12.5 Å². The van der Waals surface area contributed by atoms with Crippen molar-refractivity contribution in [1.29, 1.82) is 0 Å². The molecule has 3 aromatic rings. The number of rotatable bonds is 4. The Bertz CT molecular complexity index is 855. The highest BCUT2D eigenvalue weighted by molar-refractivity contribution is 6.30. The average Bonchev–Trinajstić information content (AvgIpc) is 3.27.